The SMILES string of the molecule is CC[C@H]1CN[C@H](CNC(=O)c2[nH]c3ccccc3c2-c2ccc(F)cc2)C1=O. The van der Waals surface area contributed by atoms with Crippen molar-refractivity contribution in [2.75, 3.05) is 13.1 Å². The number of halogens is 1. The van der Waals surface area contributed by atoms with Crippen LogP contribution in [0, 0.1) is 11.7 Å². The Morgan fingerprint density at radius 3 is 2.64 bits per heavy atom. The van der Waals surface area contributed by atoms with Gasteiger partial charge in [0.2, 0.25) is 0 Å². The molecule has 1 aliphatic heterocycles. The van der Waals surface area contributed by atoms with Gasteiger partial charge in [0, 0.05) is 35.5 Å². The first-order chi connectivity index (χ1) is 13.6. The highest BCUT2D eigenvalue weighted by atomic mass is 19.1. The molecule has 3 aromatic rings. The van der Waals surface area contributed by atoms with Crippen LogP contribution in [-0.4, -0.2) is 35.8 Å². The Hall–Kier alpha value is -2.99. The zero-order valence-corrected chi connectivity index (χ0v) is 15.6. The zero-order valence-electron chi connectivity index (χ0n) is 15.6. The number of fused-ring (bicyclic) bond motifs is 1. The van der Waals surface area contributed by atoms with Gasteiger partial charge in [-0.25, -0.2) is 4.39 Å². The lowest BCUT2D eigenvalue weighted by molar-refractivity contribution is -0.121. The van der Waals surface area contributed by atoms with Crippen molar-refractivity contribution in [3.05, 3.63) is 60.0 Å². The first kappa shape index (κ1) is 18.4. The van der Waals surface area contributed by atoms with Crippen molar-refractivity contribution in [3.63, 3.8) is 0 Å². The van der Waals surface area contributed by atoms with Crippen molar-refractivity contribution in [1.29, 1.82) is 0 Å². The van der Waals surface area contributed by atoms with Crippen molar-refractivity contribution in [1.82, 2.24) is 15.6 Å². The van der Waals surface area contributed by atoms with Crippen molar-refractivity contribution in [2.45, 2.75) is 19.4 Å². The monoisotopic (exact) mass is 379 g/mol. The summed E-state index contributed by atoms with van der Waals surface area (Å²) in [6.45, 7) is 2.89. The van der Waals surface area contributed by atoms with Crippen LogP contribution < -0.4 is 10.6 Å². The van der Waals surface area contributed by atoms with E-state index in [0.29, 0.717) is 12.2 Å². The van der Waals surface area contributed by atoms with Gasteiger partial charge >= 0.3 is 0 Å². The van der Waals surface area contributed by atoms with E-state index < -0.39 is 0 Å². The molecule has 3 N–H and O–H groups in total. The van der Waals surface area contributed by atoms with Gasteiger partial charge in [0.05, 0.1) is 6.04 Å². The Kier molecular flexibility index (Phi) is 4.96. The standard InChI is InChI=1S/C22H22FN3O2/c1-2-13-11-24-18(21(13)27)12-25-22(28)20-19(14-7-9-15(23)10-8-14)16-5-3-4-6-17(16)26-20/h3-10,13,18,24,26H,2,11-12H2,1H3,(H,25,28)/t13-,18+/m0/s1. The minimum Gasteiger partial charge on any atom is -0.350 e. The van der Waals surface area contributed by atoms with Gasteiger partial charge in [-0.2, -0.15) is 0 Å². The second-order valence-electron chi connectivity index (χ2n) is 7.11. The molecule has 0 saturated carbocycles. The van der Waals surface area contributed by atoms with Gasteiger partial charge in [0.15, 0.2) is 5.78 Å². The van der Waals surface area contributed by atoms with Gasteiger partial charge in [-0.05, 0) is 30.2 Å². The number of aromatic amines is 1. The molecule has 0 aliphatic carbocycles. The molecule has 6 heteroatoms. The van der Waals surface area contributed by atoms with Gasteiger partial charge in [0.25, 0.3) is 5.91 Å². The number of carbonyl (C=O) groups excluding carboxylic acids is 2. The molecule has 28 heavy (non-hydrogen) atoms. The highest BCUT2D eigenvalue weighted by Crippen LogP contribution is 2.32. The lowest BCUT2D eigenvalue weighted by Crippen LogP contribution is -2.41. The van der Waals surface area contributed by atoms with Crippen molar-refractivity contribution in [2.24, 2.45) is 5.92 Å². The van der Waals surface area contributed by atoms with E-state index in [4.69, 9.17) is 0 Å². The Balaban J connectivity index is 1.63. The van der Waals surface area contributed by atoms with Crippen LogP contribution in [0.2, 0.25) is 0 Å². The number of hydrogen-bond donors (Lipinski definition) is 3. The van der Waals surface area contributed by atoms with Crippen LogP contribution in [-0.2, 0) is 4.79 Å². The summed E-state index contributed by atoms with van der Waals surface area (Å²) < 4.78 is 13.4. The van der Waals surface area contributed by atoms with Crippen molar-refractivity contribution < 1.29 is 14.0 Å². The number of H-pyrrole nitrogens is 1. The summed E-state index contributed by atoms with van der Waals surface area (Å²) in [5, 5.41) is 6.94. The summed E-state index contributed by atoms with van der Waals surface area (Å²) in [4.78, 5) is 28.4. The van der Waals surface area contributed by atoms with Crippen molar-refractivity contribution in [3.8, 4) is 11.1 Å². The van der Waals surface area contributed by atoms with Crippen LogP contribution in [0.15, 0.2) is 48.5 Å². The van der Waals surface area contributed by atoms with Gasteiger partial charge in [-0.15, -0.1) is 0 Å². The third-order valence-electron chi connectivity index (χ3n) is 5.38. The van der Waals surface area contributed by atoms with E-state index in [1.54, 1.807) is 12.1 Å². The number of aromatic nitrogens is 1. The van der Waals surface area contributed by atoms with E-state index in [1.165, 1.54) is 12.1 Å². The van der Waals surface area contributed by atoms with E-state index in [9.17, 15) is 14.0 Å². The fraction of sp³-hybridized carbons (Fsp3) is 0.273. The van der Waals surface area contributed by atoms with E-state index in [1.807, 2.05) is 31.2 Å². The molecule has 1 aliphatic rings. The van der Waals surface area contributed by atoms with Gasteiger partial charge in [-0.1, -0.05) is 37.3 Å². The number of para-hydroxylation sites is 1. The summed E-state index contributed by atoms with van der Waals surface area (Å²) in [7, 11) is 0. The van der Waals surface area contributed by atoms with Crippen LogP contribution in [0.4, 0.5) is 4.39 Å². The van der Waals surface area contributed by atoms with Crippen LogP contribution in [0.25, 0.3) is 22.0 Å². The molecule has 2 heterocycles. The fourth-order valence-corrected chi connectivity index (χ4v) is 3.80. The fourth-order valence-electron chi connectivity index (χ4n) is 3.80. The normalized spacial score (nSPS) is 19.3. The number of carbonyl (C=O) groups is 2. The number of rotatable bonds is 5. The summed E-state index contributed by atoms with van der Waals surface area (Å²) in [6, 6.07) is 13.3. The molecule has 144 valence electrons. The quantitative estimate of drug-likeness (QED) is 0.637. The zero-order chi connectivity index (χ0) is 19.7. The topological polar surface area (TPSA) is 74.0 Å². The van der Waals surface area contributed by atoms with Gasteiger partial charge in [0.1, 0.15) is 11.5 Å². The summed E-state index contributed by atoms with van der Waals surface area (Å²) >= 11 is 0. The molecule has 4 rings (SSSR count). The molecule has 2 aromatic carbocycles. The predicted octanol–water partition coefficient (Wildman–Crippen LogP) is 3.27. The molecule has 0 spiro atoms. The minimum atomic E-state index is -0.354. The van der Waals surface area contributed by atoms with Gasteiger partial charge < -0.3 is 15.6 Å². The molecule has 1 aromatic heterocycles. The average Bonchev–Trinajstić information content (AvgIpc) is 3.27. The highest BCUT2D eigenvalue weighted by Gasteiger charge is 2.32. The number of amides is 1. The largest absolute Gasteiger partial charge is 0.350 e. The second kappa shape index (κ2) is 7.56. The molecule has 0 radical (unpaired) electrons. The maximum absolute atomic E-state index is 13.4. The van der Waals surface area contributed by atoms with Crippen LogP contribution in [0.3, 0.4) is 0 Å². The van der Waals surface area contributed by atoms with E-state index in [-0.39, 0.29) is 36.0 Å². The summed E-state index contributed by atoms with van der Waals surface area (Å²) in [5.74, 6) is -0.445. The Morgan fingerprint density at radius 1 is 1.18 bits per heavy atom. The molecule has 1 amide bonds. The average molecular weight is 379 g/mol. The van der Waals surface area contributed by atoms with Crippen LogP contribution >= 0.6 is 0 Å². The maximum atomic E-state index is 13.4. The molecular weight excluding hydrogens is 357 g/mol. The third kappa shape index (κ3) is 3.31. The highest BCUT2D eigenvalue weighted by molar-refractivity contribution is 6.09. The molecule has 1 fully saturated rings. The van der Waals surface area contributed by atoms with E-state index >= 15 is 0 Å². The number of benzene rings is 2. The number of Topliss-reactive ketones (excluding diaryl/α,β-unsaturated/α-hetero) is 1. The lowest BCUT2D eigenvalue weighted by Gasteiger charge is -2.12. The Labute approximate surface area is 162 Å². The third-order valence-corrected chi connectivity index (χ3v) is 5.38. The number of hydrogen-bond acceptors (Lipinski definition) is 3. The van der Waals surface area contributed by atoms with Crippen molar-refractivity contribution >= 4 is 22.6 Å². The Morgan fingerprint density at radius 2 is 1.93 bits per heavy atom. The van der Waals surface area contributed by atoms with E-state index in [0.717, 1.165) is 28.5 Å². The van der Waals surface area contributed by atoms with Crippen LogP contribution in [0.1, 0.15) is 23.8 Å². The smallest absolute Gasteiger partial charge is 0.268 e. The predicted molar refractivity (Wildman–Crippen MR) is 107 cm³/mol. The maximum Gasteiger partial charge on any atom is 0.268 e. The molecular formula is C22H22FN3O2. The molecule has 2 atom stereocenters. The number of ketones is 1. The van der Waals surface area contributed by atoms with Gasteiger partial charge in [-0.3, -0.25) is 9.59 Å². The molecule has 1 saturated heterocycles. The Bertz CT molecular complexity index is 1030. The second-order valence-corrected chi connectivity index (χ2v) is 7.11. The summed E-state index contributed by atoms with van der Waals surface area (Å²) in [6.07, 6.45) is 0.799. The van der Waals surface area contributed by atoms with E-state index in [2.05, 4.69) is 15.6 Å². The molecule has 0 unspecified atom stereocenters. The minimum absolute atomic E-state index is 0.0183. The first-order valence-electron chi connectivity index (χ1n) is 9.50. The first-order valence-corrected chi connectivity index (χ1v) is 9.50. The number of nitrogens with one attached hydrogen (secondary N) is 3. The molecule has 0 bridgehead atoms. The summed E-state index contributed by atoms with van der Waals surface area (Å²) in [5.41, 5.74) is 2.72. The van der Waals surface area contributed by atoms with Crippen LogP contribution in [0.5, 0.6) is 0 Å². The molecule has 5 nitrogen and oxygen atoms in total. The lowest BCUT2D eigenvalue weighted by atomic mass is 10.0.